The Balaban J connectivity index is 2.52. The Morgan fingerprint density at radius 2 is 1.72 bits per heavy atom. The quantitative estimate of drug-likeness (QED) is 0.720. The van der Waals surface area contributed by atoms with E-state index in [4.69, 9.17) is 4.74 Å². The second-order valence-corrected chi connectivity index (χ2v) is 6.21. The van der Waals surface area contributed by atoms with E-state index in [1.54, 1.807) is 24.3 Å². The molecule has 2 atom stereocenters. The molecule has 0 aliphatic rings. The maximum absolute atomic E-state index is 13.5. The summed E-state index contributed by atoms with van der Waals surface area (Å²) in [4.78, 5) is 25.3. The first kappa shape index (κ1) is 21.5. The summed E-state index contributed by atoms with van der Waals surface area (Å²) in [5.41, 5.74) is 0.271. The average molecular weight is 397 g/mol. The number of para-hydroxylation sites is 1. The van der Waals surface area contributed by atoms with E-state index < -0.39 is 41.1 Å². The largest absolute Gasteiger partial charge is 0.496 e. The summed E-state index contributed by atoms with van der Waals surface area (Å²) in [6.45, 7) is 1.16. The van der Waals surface area contributed by atoms with Crippen LogP contribution in [-0.4, -0.2) is 18.8 Å². The number of nitrogens with one attached hydrogen (secondary N) is 1. The lowest BCUT2D eigenvalue weighted by Crippen LogP contribution is -2.36. The third kappa shape index (κ3) is 4.74. The van der Waals surface area contributed by atoms with Crippen molar-refractivity contribution in [2.45, 2.75) is 12.8 Å². The van der Waals surface area contributed by atoms with E-state index in [1.807, 2.05) is 12.1 Å². The Hall–Kier alpha value is -3.78. The fraction of sp³-hybridized carbons (Fsp3) is 0.238. The van der Waals surface area contributed by atoms with E-state index in [-0.39, 0.29) is 5.69 Å². The number of hydrogen-bond donors (Lipinski definition) is 1. The van der Waals surface area contributed by atoms with Crippen molar-refractivity contribution in [3.05, 3.63) is 59.7 Å². The standard InChI is InChI=1S/C21H17F2N3O3/c1-12(27)19(21(28)26-14-7-8-16(22)17(23)9-14)20(13(10-24)11-25)15-5-3-4-6-18(15)29-2/h3-9,13,19-20H,1-2H3,(H,26,28). The number of methoxy groups -OCH3 is 1. The third-order valence-electron chi connectivity index (χ3n) is 4.40. The number of carbonyl (C=O) groups is 2. The number of hydrogen-bond acceptors (Lipinski definition) is 5. The zero-order valence-electron chi connectivity index (χ0n) is 15.6. The molecule has 0 aromatic heterocycles. The predicted octanol–water partition coefficient (Wildman–Crippen LogP) is 3.56. The lowest BCUT2D eigenvalue weighted by atomic mass is 9.75. The molecule has 2 unspecified atom stereocenters. The fourth-order valence-corrected chi connectivity index (χ4v) is 3.08. The molecular weight excluding hydrogens is 380 g/mol. The van der Waals surface area contributed by atoms with Gasteiger partial charge in [-0.05, 0) is 25.1 Å². The Labute approximate surface area is 166 Å². The van der Waals surface area contributed by atoms with Crippen molar-refractivity contribution in [2.75, 3.05) is 12.4 Å². The van der Waals surface area contributed by atoms with Gasteiger partial charge >= 0.3 is 0 Å². The van der Waals surface area contributed by atoms with Crippen LogP contribution in [0, 0.1) is 46.1 Å². The molecule has 2 aromatic carbocycles. The second-order valence-electron chi connectivity index (χ2n) is 6.21. The molecule has 8 heteroatoms. The van der Waals surface area contributed by atoms with Crippen LogP contribution in [0.15, 0.2) is 42.5 Å². The zero-order valence-corrected chi connectivity index (χ0v) is 15.6. The van der Waals surface area contributed by atoms with Crippen molar-refractivity contribution in [2.24, 2.45) is 11.8 Å². The van der Waals surface area contributed by atoms with Crippen LogP contribution in [0.2, 0.25) is 0 Å². The number of benzene rings is 2. The molecule has 0 saturated carbocycles. The van der Waals surface area contributed by atoms with Gasteiger partial charge in [-0.2, -0.15) is 10.5 Å². The van der Waals surface area contributed by atoms with Crippen LogP contribution in [0.25, 0.3) is 0 Å². The number of Topliss-reactive ketones (excluding diaryl/α,β-unsaturated/α-hetero) is 1. The van der Waals surface area contributed by atoms with Gasteiger partial charge in [0.05, 0.1) is 19.2 Å². The maximum Gasteiger partial charge on any atom is 0.235 e. The molecule has 1 N–H and O–H groups in total. The number of nitriles is 2. The SMILES string of the molecule is COc1ccccc1C(C(C#N)C#N)C(C(C)=O)C(=O)Nc1ccc(F)c(F)c1. The van der Waals surface area contributed by atoms with Crippen molar-refractivity contribution in [1.29, 1.82) is 10.5 Å². The second kappa shape index (κ2) is 9.43. The van der Waals surface area contributed by atoms with Crippen LogP contribution < -0.4 is 10.1 Å². The van der Waals surface area contributed by atoms with Gasteiger partial charge in [0, 0.05) is 23.2 Å². The highest BCUT2D eigenvalue weighted by Gasteiger charge is 2.40. The molecule has 0 radical (unpaired) electrons. The number of rotatable bonds is 7. The summed E-state index contributed by atoms with van der Waals surface area (Å²) in [7, 11) is 1.38. The highest BCUT2D eigenvalue weighted by Crippen LogP contribution is 2.38. The lowest BCUT2D eigenvalue weighted by Gasteiger charge is -2.27. The first-order chi connectivity index (χ1) is 13.8. The number of ether oxygens (including phenoxy) is 1. The van der Waals surface area contributed by atoms with Crippen LogP contribution >= 0.6 is 0 Å². The first-order valence-corrected chi connectivity index (χ1v) is 8.52. The van der Waals surface area contributed by atoms with Gasteiger partial charge in [0.2, 0.25) is 5.91 Å². The average Bonchev–Trinajstić information content (AvgIpc) is 2.70. The van der Waals surface area contributed by atoms with Gasteiger partial charge in [-0.15, -0.1) is 0 Å². The smallest absolute Gasteiger partial charge is 0.235 e. The van der Waals surface area contributed by atoms with Crippen molar-refractivity contribution < 1.29 is 23.1 Å². The van der Waals surface area contributed by atoms with Crippen LogP contribution in [0.1, 0.15) is 18.4 Å². The molecule has 0 aliphatic heterocycles. The van der Waals surface area contributed by atoms with E-state index in [2.05, 4.69) is 5.32 Å². The summed E-state index contributed by atoms with van der Waals surface area (Å²) in [6.07, 6.45) is 0. The van der Waals surface area contributed by atoms with Gasteiger partial charge in [0.1, 0.15) is 23.4 Å². The molecule has 1 amide bonds. The lowest BCUT2D eigenvalue weighted by molar-refractivity contribution is -0.131. The highest BCUT2D eigenvalue weighted by molar-refractivity contribution is 6.07. The molecule has 29 heavy (non-hydrogen) atoms. The third-order valence-corrected chi connectivity index (χ3v) is 4.40. The van der Waals surface area contributed by atoms with Crippen molar-refractivity contribution in [1.82, 2.24) is 0 Å². The Morgan fingerprint density at radius 3 is 2.28 bits per heavy atom. The maximum atomic E-state index is 13.5. The number of anilines is 1. The van der Waals surface area contributed by atoms with Gasteiger partial charge in [0.15, 0.2) is 11.6 Å². The molecule has 148 valence electrons. The first-order valence-electron chi connectivity index (χ1n) is 8.52. The van der Waals surface area contributed by atoms with Crippen LogP contribution in [0.3, 0.4) is 0 Å². The molecule has 0 spiro atoms. The minimum Gasteiger partial charge on any atom is -0.496 e. The molecule has 2 rings (SSSR count). The Bertz CT molecular complexity index is 997. The van der Waals surface area contributed by atoms with Gasteiger partial charge in [0.25, 0.3) is 0 Å². The van der Waals surface area contributed by atoms with Crippen molar-refractivity contribution >= 4 is 17.4 Å². The van der Waals surface area contributed by atoms with Crippen molar-refractivity contribution in [3.8, 4) is 17.9 Å². The number of amides is 1. The number of ketones is 1. The van der Waals surface area contributed by atoms with Gasteiger partial charge in [-0.25, -0.2) is 8.78 Å². The summed E-state index contributed by atoms with van der Waals surface area (Å²) in [6, 6.07) is 12.8. The number of halogens is 2. The molecule has 0 aliphatic carbocycles. The summed E-state index contributed by atoms with van der Waals surface area (Å²) in [5, 5.41) is 21.2. The van der Waals surface area contributed by atoms with E-state index in [9.17, 15) is 28.9 Å². The predicted molar refractivity (Wildman–Crippen MR) is 99.6 cm³/mol. The highest BCUT2D eigenvalue weighted by atomic mass is 19.2. The van der Waals surface area contributed by atoms with E-state index in [0.717, 1.165) is 25.1 Å². The Kier molecular flexibility index (Phi) is 6.99. The van der Waals surface area contributed by atoms with Crippen molar-refractivity contribution in [3.63, 3.8) is 0 Å². The molecule has 0 heterocycles. The van der Waals surface area contributed by atoms with Crippen LogP contribution in [0.5, 0.6) is 5.75 Å². The topological polar surface area (TPSA) is 103 Å². The normalized spacial score (nSPS) is 12.4. The van der Waals surface area contributed by atoms with Gasteiger partial charge < -0.3 is 10.1 Å². The van der Waals surface area contributed by atoms with E-state index >= 15 is 0 Å². The summed E-state index contributed by atoms with van der Waals surface area (Å²) in [5.74, 6) is -7.32. The monoisotopic (exact) mass is 397 g/mol. The minimum atomic E-state index is -1.44. The molecule has 2 aromatic rings. The summed E-state index contributed by atoms with van der Waals surface area (Å²) >= 11 is 0. The van der Waals surface area contributed by atoms with Gasteiger partial charge in [-0.1, -0.05) is 18.2 Å². The number of carbonyl (C=O) groups excluding carboxylic acids is 2. The number of nitrogens with zero attached hydrogens (tertiary/aromatic N) is 2. The zero-order chi connectivity index (χ0) is 21.6. The summed E-state index contributed by atoms with van der Waals surface area (Å²) < 4.78 is 31.8. The fourth-order valence-electron chi connectivity index (χ4n) is 3.08. The minimum absolute atomic E-state index is 0.0654. The molecular formula is C21H17F2N3O3. The molecule has 0 bridgehead atoms. The van der Waals surface area contributed by atoms with Crippen LogP contribution in [-0.2, 0) is 9.59 Å². The molecule has 0 fully saturated rings. The molecule has 6 nitrogen and oxygen atoms in total. The van der Waals surface area contributed by atoms with Gasteiger partial charge in [-0.3, -0.25) is 9.59 Å². The Morgan fingerprint density at radius 1 is 1.07 bits per heavy atom. The van der Waals surface area contributed by atoms with E-state index in [0.29, 0.717) is 11.3 Å². The molecule has 0 saturated heterocycles. The van der Waals surface area contributed by atoms with Crippen LogP contribution in [0.4, 0.5) is 14.5 Å². The van der Waals surface area contributed by atoms with E-state index in [1.165, 1.54) is 7.11 Å².